The van der Waals surface area contributed by atoms with Crippen molar-refractivity contribution in [1.29, 1.82) is 0 Å². The third-order valence-corrected chi connectivity index (χ3v) is 13.8. The van der Waals surface area contributed by atoms with Crippen molar-refractivity contribution in [2.24, 2.45) is 0 Å². The number of para-hydroxylation sites is 1. The van der Waals surface area contributed by atoms with Crippen LogP contribution in [0.4, 0.5) is 0 Å². The van der Waals surface area contributed by atoms with Gasteiger partial charge in [-0.3, -0.25) is 0 Å². The van der Waals surface area contributed by atoms with Gasteiger partial charge in [0.15, 0.2) is 11.6 Å². The molecule has 1 aliphatic carbocycles. The molecular weight excluding hydrogens is 733 g/mol. The Morgan fingerprint density at radius 3 is 1.98 bits per heavy atom. The summed E-state index contributed by atoms with van der Waals surface area (Å²) in [6, 6.07) is 54.8. The van der Waals surface area contributed by atoms with Crippen LogP contribution < -0.4 is 0 Å². The van der Waals surface area contributed by atoms with Gasteiger partial charge in [-0.15, -0.1) is 22.7 Å². The summed E-state index contributed by atoms with van der Waals surface area (Å²) < 4.78 is 7.52. The standard InChI is InChI=1S/C51H32N4S2/c1-3-13-32(14-4-1)49-52-50(33-15-5-2-6-16-33)54-51(53-49)41-30-34(29-40-37-18-9-12-22-45(37)56-47(40)41)31-23-25-35(26-24-31)55-42-20-10-7-19-39(42)46-43(55)28-27-38-36-17-8-11-21-44(36)57-48(38)46/h1-15,17-30,33H,16H2. The average molecular weight is 765 g/mol. The molecule has 12 rings (SSSR count). The van der Waals surface area contributed by atoms with Gasteiger partial charge in [0.05, 0.1) is 11.0 Å². The number of hydrogen-bond donors (Lipinski definition) is 0. The van der Waals surface area contributed by atoms with E-state index in [9.17, 15) is 0 Å². The second-order valence-electron chi connectivity index (χ2n) is 14.7. The summed E-state index contributed by atoms with van der Waals surface area (Å²) in [6.07, 6.45) is 9.44. The van der Waals surface area contributed by atoms with Crippen LogP contribution in [0.15, 0.2) is 176 Å². The predicted octanol–water partition coefficient (Wildman–Crippen LogP) is 14.3. The third-order valence-electron chi connectivity index (χ3n) is 11.4. The maximum Gasteiger partial charge on any atom is 0.165 e. The number of allylic oxidation sites excluding steroid dienone is 4. The van der Waals surface area contributed by atoms with Gasteiger partial charge in [-0.2, -0.15) is 0 Å². The molecule has 1 aliphatic rings. The largest absolute Gasteiger partial charge is 0.309 e. The van der Waals surface area contributed by atoms with Crippen molar-refractivity contribution in [3.05, 3.63) is 182 Å². The Bertz CT molecular complexity index is 3440. The normalized spacial score (nSPS) is 14.3. The molecular formula is C51H32N4S2. The first-order chi connectivity index (χ1) is 28.2. The Morgan fingerprint density at radius 2 is 1.19 bits per heavy atom. The molecule has 268 valence electrons. The molecule has 4 nitrogen and oxygen atoms in total. The van der Waals surface area contributed by atoms with Crippen LogP contribution >= 0.6 is 22.7 Å². The second-order valence-corrected chi connectivity index (χ2v) is 16.8. The van der Waals surface area contributed by atoms with E-state index in [1.54, 1.807) is 11.3 Å². The number of aromatic nitrogens is 4. The van der Waals surface area contributed by atoms with Crippen LogP contribution in [0.25, 0.3) is 102 Å². The maximum absolute atomic E-state index is 5.25. The van der Waals surface area contributed by atoms with Crippen molar-refractivity contribution < 1.29 is 0 Å². The molecule has 4 heterocycles. The number of hydrogen-bond acceptors (Lipinski definition) is 5. The van der Waals surface area contributed by atoms with E-state index in [4.69, 9.17) is 15.0 Å². The van der Waals surface area contributed by atoms with Gasteiger partial charge in [0.2, 0.25) is 0 Å². The first-order valence-corrected chi connectivity index (χ1v) is 20.9. The molecule has 1 unspecified atom stereocenters. The fourth-order valence-electron chi connectivity index (χ4n) is 8.64. The van der Waals surface area contributed by atoms with Crippen LogP contribution in [-0.4, -0.2) is 19.5 Å². The van der Waals surface area contributed by atoms with Crippen LogP contribution in [-0.2, 0) is 0 Å². The van der Waals surface area contributed by atoms with Crippen molar-refractivity contribution in [3.8, 4) is 39.6 Å². The molecule has 6 heteroatoms. The highest BCUT2D eigenvalue weighted by molar-refractivity contribution is 7.27. The highest BCUT2D eigenvalue weighted by Gasteiger charge is 2.22. The molecule has 57 heavy (non-hydrogen) atoms. The van der Waals surface area contributed by atoms with Crippen LogP contribution in [0.1, 0.15) is 18.2 Å². The monoisotopic (exact) mass is 764 g/mol. The van der Waals surface area contributed by atoms with Crippen LogP contribution in [0.5, 0.6) is 0 Å². The fraction of sp³-hybridized carbons (Fsp3) is 0.0392. The van der Waals surface area contributed by atoms with Gasteiger partial charge >= 0.3 is 0 Å². The Balaban J connectivity index is 1.04. The van der Waals surface area contributed by atoms with Crippen LogP contribution in [0.3, 0.4) is 0 Å². The molecule has 0 fully saturated rings. The molecule has 0 saturated carbocycles. The summed E-state index contributed by atoms with van der Waals surface area (Å²) in [5.74, 6) is 2.28. The molecule has 0 spiro atoms. The zero-order chi connectivity index (χ0) is 37.5. The fourth-order valence-corrected chi connectivity index (χ4v) is 11.1. The van der Waals surface area contributed by atoms with Gasteiger partial charge < -0.3 is 4.57 Å². The number of rotatable bonds is 5. The molecule has 0 N–H and O–H groups in total. The smallest absolute Gasteiger partial charge is 0.165 e. The first kappa shape index (κ1) is 32.5. The number of nitrogens with zero attached hydrogens (tertiary/aromatic N) is 4. The first-order valence-electron chi connectivity index (χ1n) is 19.3. The predicted molar refractivity (Wildman–Crippen MR) is 242 cm³/mol. The van der Waals surface area contributed by atoms with Gasteiger partial charge in [0.1, 0.15) is 5.82 Å². The topological polar surface area (TPSA) is 43.6 Å². The quantitative estimate of drug-likeness (QED) is 0.175. The number of thiophene rings is 2. The van der Waals surface area contributed by atoms with Gasteiger partial charge in [0.25, 0.3) is 0 Å². The Morgan fingerprint density at radius 1 is 0.491 bits per heavy atom. The lowest BCUT2D eigenvalue weighted by Gasteiger charge is -2.15. The van der Waals surface area contributed by atoms with E-state index in [0.717, 1.165) is 40.2 Å². The summed E-state index contributed by atoms with van der Waals surface area (Å²) >= 11 is 3.70. The van der Waals surface area contributed by atoms with Crippen molar-refractivity contribution >= 4 is 84.8 Å². The van der Waals surface area contributed by atoms with E-state index in [-0.39, 0.29) is 5.92 Å². The Hall–Kier alpha value is -6.73. The minimum atomic E-state index is 0.0867. The van der Waals surface area contributed by atoms with Crippen molar-refractivity contribution in [3.63, 3.8) is 0 Å². The minimum Gasteiger partial charge on any atom is -0.309 e. The summed E-state index contributed by atoms with van der Waals surface area (Å²) in [5.41, 5.74) is 7.85. The average Bonchev–Trinajstić information content (AvgIpc) is 3.96. The lowest BCUT2D eigenvalue weighted by Crippen LogP contribution is -2.08. The third kappa shape index (κ3) is 5.22. The van der Waals surface area contributed by atoms with E-state index in [2.05, 4.69) is 162 Å². The summed E-state index contributed by atoms with van der Waals surface area (Å²) in [5, 5.41) is 7.70. The minimum absolute atomic E-state index is 0.0867. The maximum atomic E-state index is 5.25. The summed E-state index contributed by atoms with van der Waals surface area (Å²) in [4.78, 5) is 15.5. The van der Waals surface area contributed by atoms with Crippen LogP contribution in [0.2, 0.25) is 0 Å². The van der Waals surface area contributed by atoms with Gasteiger partial charge in [-0.25, -0.2) is 15.0 Å². The molecule has 4 aromatic heterocycles. The number of benzene rings is 7. The van der Waals surface area contributed by atoms with Crippen LogP contribution in [0, 0.1) is 0 Å². The van der Waals surface area contributed by atoms with E-state index in [1.165, 1.54) is 62.2 Å². The summed E-state index contributed by atoms with van der Waals surface area (Å²) in [7, 11) is 0. The molecule has 0 bridgehead atoms. The van der Waals surface area contributed by atoms with E-state index < -0.39 is 0 Å². The molecule has 0 aliphatic heterocycles. The molecule has 11 aromatic rings. The zero-order valence-corrected chi connectivity index (χ0v) is 32.3. The molecule has 0 radical (unpaired) electrons. The summed E-state index contributed by atoms with van der Waals surface area (Å²) in [6.45, 7) is 0. The lowest BCUT2D eigenvalue weighted by molar-refractivity contribution is 0.764. The van der Waals surface area contributed by atoms with Crippen molar-refractivity contribution in [2.45, 2.75) is 12.3 Å². The van der Waals surface area contributed by atoms with Gasteiger partial charge in [-0.1, -0.05) is 127 Å². The Labute approximate surface area is 336 Å². The van der Waals surface area contributed by atoms with Crippen molar-refractivity contribution in [1.82, 2.24) is 19.5 Å². The lowest BCUT2D eigenvalue weighted by atomic mass is 9.98. The zero-order valence-electron chi connectivity index (χ0n) is 30.6. The highest BCUT2D eigenvalue weighted by Crippen LogP contribution is 2.45. The van der Waals surface area contributed by atoms with E-state index >= 15 is 0 Å². The van der Waals surface area contributed by atoms with E-state index in [1.807, 2.05) is 29.5 Å². The molecule has 0 amide bonds. The SMILES string of the molecule is C1=CCC(c2nc(-c3ccccc3)nc(-c3cc(-c4ccc(-n5c6ccccc6c6c7sc8ccccc8c7ccc65)cc4)cc4c3sc3ccccc34)n2)C=C1. The number of fused-ring (bicyclic) bond motifs is 10. The second kappa shape index (κ2) is 12.9. The molecule has 1 atom stereocenters. The van der Waals surface area contributed by atoms with Crippen molar-refractivity contribution in [2.75, 3.05) is 0 Å². The van der Waals surface area contributed by atoms with Gasteiger partial charge in [-0.05, 0) is 66.1 Å². The van der Waals surface area contributed by atoms with E-state index in [0.29, 0.717) is 11.6 Å². The van der Waals surface area contributed by atoms with Gasteiger partial charge in [0, 0.05) is 73.8 Å². The molecule has 0 saturated heterocycles. The highest BCUT2D eigenvalue weighted by atomic mass is 32.1. The molecule has 7 aromatic carbocycles. The Kier molecular flexibility index (Phi) is 7.37.